The second-order valence-electron chi connectivity index (χ2n) is 5.21. The summed E-state index contributed by atoms with van der Waals surface area (Å²) in [6, 6.07) is 7.53. The Bertz CT molecular complexity index is 629. The molecule has 1 amide bonds. The molecule has 0 saturated heterocycles. The molecule has 0 fully saturated rings. The Balaban J connectivity index is 1.70. The van der Waals surface area contributed by atoms with Crippen LogP contribution < -0.4 is 5.32 Å². The molecule has 0 unspecified atom stereocenters. The predicted octanol–water partition coefficient (Wildman–Crippen LogP) is 3.24. The van der Waals surface area contributed by atoms with Crippen molar-refractivity contribution in [1.29, 1.82) is 0 Å². The number of hydrogen-bond donors (Lipinski definition) is 1. The normalized spacial score (nSPS) is 10.9. The SMILES string of the molecule is Cc1nc(CN(C)CCC(=O)NCc2ccccc2Cl)cs1. The minimum atomic E-state index is 0.0289. The number of amides is 1. The summed E-state index contributed by atoms with van der Waals surface area (Å²) in [5, 5.41) is 6.71. The van der Waals surface area contributed by atoms with Crippen molar-refractivity contribution in [1.82, 2.24) is 15.2 Å². The first-order valence-corrected chi connectivity index (χ1v) is 8.40. The molecule has 1 heterocycles. The first kappa shape index (κ1) is 16.9. The van der Waals surface area contributed by atoms with Crippen LogP contribution in [0, 0.1) is 6.92 Å². The largest absolute Gasteiger partial charge is 0.352 e. The molecular formula is C16H20ClN3OS. The van der Waals surface area contributed by atoms with Gasteiger partial charge in [0.2, 0.25) is 5.91 Å². The maximum Gasteiger partial charge on any atom is 0.221 e. The monoisotopic (exact) mass is 337 g/mol. The first-order valence-electron chi connectivity index (χ1n) is 7.14. The number of rotatable bonds is 7. The third-order valence-corrected chi connectivity index (χ3v) is 4.44. The average molecular weight is 338 g/mol. The molecule has 22 heavy (non-hydrogen) atoms. The molecule has 2 aromatic rings. The van der Waals surface area contributed by atoms with Crippen LogP contribution in [0.1, 0.15) is 22.7 Å². The van der Waals surface area contributed by atoms with Crippen LogP contribution in [0.15, 0.2) is 29.6 Å². The van der Waals surface area contributed by atoms with Gasteiger partial charge in [-0.3, -0.25) is 4.79 Å². The number of hydrogen-bond acceptors (Lipinski definition) is 4. The van der Waals surface area contributed by atoms with Crippen LogP contribution in [0.5, 0.6) is 0 Å². The van der Waals surface area contributed by atoms with Crippen LogP contribution in [0.3, 0.4) is 0 Å². The predicted molar refractivity (Wildman–Crippen MR) is 91.1 cm³/mol. The molecule has 1 N–H and O–H groups in total. The number of carbonyl (C=O) groups is 1. The first-order chi connectivity index (χ1) is 10.5. The number of nitrogens with zero attached hydrogens (tertiary/aromatic N) is 2. The zero-order valence-corrected chi connectivity index (χ0v) is 14.4. The van der Waals surface area contributed by atoms with Crippen LogP contribution in [0.25, 0.3) is 0 Å². The number of halogens is 1. The van der Waals surface area contributed by atoms with Crippen molar-refractivity contribution in [3.05, 3.63) is 50.9 Å². The minimum Gasteiger partial charge on any atom is -0.352 e. The summed E-state index contributed by atoms with van der Waals surface area (Å²) in [5.74, 6) is 0.0289. The van der Waals surface area contributed by atoms with E-state index in [0.717, 1.165) is 22.8 Å². The molecule has 0 bridgehead atoms. The molecule has 0 radical (unpaired) electrons. The third kappa shape index (κ3) is 5.40. The van der Waals surface area contributed by atoms with Gasteiger partial charge in [0.15, 0.2) is 0 Å². The van der Waals surface area contributed by atoms with Gasteiger partial charge in [-0.25, -0.2) is 4.98 Å². The van der Waals surface area contributed by atoms with Crippen molar-refractivity contribution >= 4 is 28.8 Å². The fraction of sp³-hybridized carbons (Fsp3) is 0.375. The molecule has 4 nitrogen and oxygen atoms in total. The second-order valence-corrected chi connectivity index (χ2v) is 6.68. The Kier molecular flexibility index (Phi) is 6.36. The van der Waals surface area contributed by atoms with Crippen LogP contribution in [0.2, 0.25) is 5.02 Å². The van der Waals surface area contributed by atoms with Gasteiger partial charge in [0.1, 0.15) is 0 Å². The van der Waals surface area contributed by atoms with E-state index in [9.17, 15) is 4.79 Å². The van der Waals surface area contributed by atoms with E-state index in [4.69, 9.17) is 11.6 Å². The number of benzene rings is 1. The minimum absolute atomic E-state index is 0.0289. The highest BCUT2D eigenvalue weighted by Gasteiger charge is 2.07. The summed E-state index contributed by atoms with van der Waals surface area (Å²) in [6.07, 6.45) is 0.462. The highest BCUT2D eigenvalue weighted by molar-refractivity contribution is 7.09. The van der Waals surface area contributed by atoms with Gasteiger partial charge in [0.05, 0.1) is 10.7 Å². The molecule has 118 valence electrons. The van der Waals surface area contributed by atoms with Gasteiger partial charge in [-0.05, 0) is 25.6 Å². The molecule has 0 atom stereocenters. The van der Waals surface area contributed by atoms with Crippen LogP contribution in [0.4, 0.5) is 0 Å². The topological polar surface area (TPSA) is 45.2 Å². The smallest absolute Gasteiger partial charge is 0.221 e. The van der Waals surface area contributed by atoms with Gasteiger partial charge < -0.3 is 10.2 Å². The number of nitrogens with one attached hydrogen (secondary N) is 1. The fourth-order valence-electron chi connectivity index (χ4n) is 2.05. The molecule has 0 aliphatic carbocycles. The van der Waals surface area contributed by atoms with Crippen molar-refractivity contribution in [3.8, 4) is 0 Å². The Hall–Kier alpha value is -1.43. The van der Waals surface area contributed by atoms with E-state index in [1.54, 1.807) is 11.3 Å². The molecule has 1 aromatic heterocycles. The highest BCUT2D eigenvalue weighted by Crippen LogP contribution is 2.14. The molecule has 0 saturated carbocycles. The van der Waals surface area contributed by atoms with Gasteiger partial charge in [-0.15, -0.1) is 11.3 Å². The lowest BCUT2D eigenvalue weighted by atomic mass is 10.2. The molecule has 0 aliphatic heterocycles. The van der Waals surface area contributed by atoms with E-state index in [1.807, 2.05) is 38.2 Å². The Morgan fingerprint density at radius 2 is 2.18 bits per heavy atom. The molecule has 2 rings (SSSR count). The molecule has 6 heteroatoms. The van der Waals surface area contributed by atoms with Gasteiger partial charge in [0.25, 0.3) is 0 Å². The summed E-state index contributed by atoms with van der Waals surface area (Å²) in [7, 11) is 2.00. The summed E-state index contributed by atoms with van der Waals surface area (Å²) in [4.78, 5) is 18.4. The summed E-state index contributed by atoms with van der Waals surface area (Å²) in [6.45, 7) is 3.93. The maximum absolute atomic E-state index is 11.9. The highest BCUT2D eigenvalue weighted by atomic mass is 35.5. The van der Waals surface area contributed by atoms with E-state index in [0.29, 0.717) is 24.5 Å². The van der Waals surface area contributed by atoms with Gasteiger partial charge in [-0.2, -0.15) is 0 Å². The maximum atomic E-state index is 11.9. The fourth-order valence-corrected chi connectivity index (χ4v) is 2.86. The van der Waals surface area contributed by atoms with E-state index in [1.165, 1.54) is 0 Å². The number of thiazole rings is 1. The number of aromatic nitrogens is 1. The van der Waals surface area contributed by atoms with E-state index in [2.05, 4.69) is 20.6 Å². The van der Waals surface area contributed by atoms with Gasteiger partial charge in [0, 0.05) is 36.5 Å². The molecule has 0 aliphatic rings. The average Bonchev–Trinajstić information content (AvgIpc) is 2.89. The molecule has 1 aromatic carbocycles. The van der Waals surface area contributed by atoms with Crippen LogP contribution in [-0.4, -0.2) is 29.4 Å². The van der Waals surface area contributed by atoms with E-state index < -0.39 is 0 Å². The quantitative estimate of drug-likeness (QED) is 0.843. The summed E-state index contributed by atoms with van der Waals surface area (Å²) in [5.41, 5.74) is 1.99. The lowest BCUT2D eigenvalue weighted by Gasteiger charge is -2.15. The van der Waals surface area contributed by atoms with E-state index >= 15 is 0 Å². The van der Waals surface area contributed by atoms with Crippen molar-refractivity contribution < 1.29 is 4.79 Å². The lowest BCUT2D eigenvalue weighted by molar-refractivity contribution is -0.121. The van der Waals surface area contributed by atoms with E-state index in [-0.39, 0.29) is 5.91 Å². The molecular weight excluding hydrogens is 318 g/mol. The lowest BCUT2D eigenvalue weighted by Crippen LogP contribution is -2.28. The Morgan fingerprint density at radius 3 is 2.86 bits per heavy atom. The van der Waals surface area contributed by atoms with Crippen molar-refractivity contribution in [2.24, 2.45) is 0 Å². The zero-order chi connectivity index (χ0) is 15.9. The standard InChI is InChI=1S/C16H20ClN3OS/c1-12-19-14(11-22-12)10-20(2)8-7-16(21)18-9-13-5-3-4-6-15(13)17/h3-6,11H,7-10H2,1-2H3,(H,18,21). The summed E-state index contributed by atoms with van der Waals surface area (Å²) < 4.78 is 0. The Labute approximate surface area is 140 Å². The number of aryl methyl sites for hydroxylation is 1. The number of carbonyl (C=O) groups excluding carboxylic acids is 1. The third-order valence-electron chi connectivity index (χ3n) is 3.25. The Morgan fingerprint density at radius 1 is 1.41 bits per heavy atom. The zero-order valence-electron chi connectivity index (χ0n) is 12.8. The second kappa shape index (κ2) is 8.27. The van der Waals surface area contributed by atoms with Crippen LogP contribution in [-0.2, 0) is 17.9 Å². The van der Waals surface area contributed by atoms with Crippen molar-refractivity contribution in [3.63, 3.8) is 0 Å². The van der Waals surface area contributed by atoms with Crippen molar-refractivity contribution in [2.75, 3.05) is 13.6 Å². The molecule has 0 spiro atoms. The van der Waals surface area contributed by atoms with Crippen LogP contribution >= 0.6 is 22.9 Å². The summed E-state index contributed by atoms with van der Waals surface area (Å²) >= 11 is 7.71. The van der Waals surface area contributed by atoms with Gasteiger partial charge >= 0.3 is 0 Å². The van der Waals surface area contributed by atoms with Crippen molar-refractivity contribution in [2.45, 2.75) is 26.4 Å². The van der Waals surface area contributed by atoms with Gasteiger partial charge in [-0.1, -0.05) is 29.8 Å².